The first-order valence-electron chi connectivity index (χ1n) is 8.26. The van der Waals surface area contributed by atoms with Gasteiger partial charge in [0.1, 0.15) is 5.75 Å². The van der Waals surface area contributed by atoms with Crippen molar-refractivity contribution < 1.29 is 9.53 Å². The Hall–Kier alpha value is -2.34. The molecule has 0 saturated carbocycles. The largest absolute Gasteiger partial charge is 0.497 e. The van der Waals surface area contributed by atoms with Crippen molar-refractivity contribution in [1.82, 2.24) is 15.1 Å². The minimum atomic E-state index is -0.126. The lowest BCUT2D eigenvalue weighted by molar-refractivity contribution is -0.119. The molecule has 24 heavy (non-hydrogen) atoms. The number of nitrogens with one attached hydrogen (secondary N) is 1. The number of carbonyl (C=O) groups excluding carboxylic acids is 1. The molecule has 0 radical (unpaired) electrons. The van der Waals surface area contributed by atoms with E-state index < -0.39 is 0 Å². The summed E-state index contributed by atoms with van der Waals surface area (Å²) in [5.41, 5.74) is 2.10. The number of aromatic nitrogens is 2. The fourth-order valence-corrected chi connectivity index (χ4v) is 3.16. The van der Waals surface area contributed by atoms with Gasteiger partial charge >= 0.3 is 0 Å². The highest BCUT2D eigenvalue weighted by molar-refractivity contribution is 5.99. The van der Waals surface area contributed by atoms with E-state index in [-0.39, 0.29) is 18.0 Å². The normalized spacial score (nSPS) is 18.9. The van der Waals surface area contributed by atoms with Gasteiger partial charge in [-0.05, 0) is 37.5 Å². The lowest BCUT2D eigenvalue weighted by Crippen LogP contribution is -2.43. The molecular weight excluding hydrogens is 304 g/mol. The molecule has 2 atom stereocenters. The number of rotatable bonds is 6. The van der Waals surface area contributed by atoms with E-state index in [9.17, 15) is 4.79 Å². The van der Waals surface area contributed by atoms with E-state index >= 15 is 0 Å². The zero-order valence-corrected chi connectivity index (χ0v) is 14.4. The van der Waals surface area contributed by atoms with Crippen molar-refractivity contribution in [1.29, 1.82) is 0 Å². The van der Waals surface area contributed by atoms with Crippen LogP contribution < -0.4 is 15.0 Å². The number of anilines is 1. The number of benzene rings is 1. The number of methoxy groups -OCH3 is 1. The van der Waals surface area contributed by atoms with Crippen molar-refractivity contribution in [2.45, 2.75) is 31.8 Å². The van der Waals surface area contributed by atoms with Crippen LogP contribution in [-0.2, 0) is 18.3 Å². The number of nitrogens with zero attached hydrogens (tertiary/aromatic N) is 3. The monoisotopic (exact) mass is 328 g/mol. The van der Waals surface area contributed by atoms with Gasteiger partial charge in [-0.25, -0.2) is 0 Å². The van der Waals surface area contributed by atoms with Gasteiger partial charge < -0.3 is 15.0 Å². The summed E-state index contributed by atoms with van der Waals surface area (Å²) in [7, 11) is 3.52. The van der Waals surface area contributed by atoms with Crippen LogP contribution in [0.25, 0.3) is 0 Å². The van der Waals surface area contributed by atoms with Crippen molar-refractivity contribution in [3.8, 4) is 5.75 Å². The molecule has 2 unspecified atom stereocenters. The van der Waals surface area contributed by atoms with E-state index in [0.29, 0.717) is 0 Å². The summed E-state index contributed by atoms with van der Waals surface area (Å²) < 4.78 is 6.90. The Kier molecular flexibility index (Phi) is 4.85. The average Bonchev–Trinajstić information content (AvgIpc) is 3.15. The van der Waals surface area contributed by atoms with Gasteiger partial charge in [0.2, 0.25) is 5.91 Å². The van der Waals surface area contributed by atoms with Gasteiger partial charge in [0.15, 0.2) is 0 Å². The summed E-state index contributed by atoms with van der Waals surface area (Å²) in [5, 5.41) is 7.61. The number of carbonyl (C=O) groups is 1. The molecule has 3 rings (SSSR count). The first-order valence-corrected chi connectivity index (χ1v) is 8.26. The minimum Gasteiger partial charge on any atom is -0.497 e. The van der Waals surface area contributed by atoms with E-state index in [1.165, 1.54) is 5.56 Å². The highest BCUT2D eigenvalue weighted by Crippen LogP contribution is 2.21. The molecule has 1 aromatic heterocycles. The van der Waals surface area contributed by atoms with Gasteiger partial charge in [-0.3, -0.25) is 9.48 Å². The fourth-order valence-electron chi connectivity index (χ4n) is 3.16. The Morgan fingerprint density at radius 2 is 2.12 bits per heavy atom. The van der Waals surface area contributed by atoms with Gasteiger partial charge in [0.05, 0.1) is 25.0 Å². The molecule has 6 nitrogen and oxygen atoms in total. The molecule has 0 aliphatic carbocycles. The molecule has 1 aromatic carbocycles. The van der Waals surface area contributed by atoms with Crippen LogP contribution in [0.4, 0.5) is 5.69 Å². The second-order valence-corrected chi connectivity index (χ2v) is 6.32. The van der Waals surface area contributed by atoms with E-state index in [2.05, 4.69) is 29.5 Å². The molecule has 1 amide bonds. The molecule has 0 bridgehead atoms. The summed E-state index contributed by atoms with van der Waals surface area (Å²) in [6.07, 6.45) is 5.31. The molecule has 1 aliphatic heterocycles. The van der Waals surface area contributed by atoms with Crippen molar-refractivity contribution in [2.75, 3.05) is 18.6 Å². The molecule has 0 spiro atoms. The van der Waals surface area contributed by atoms with Crippen LogP contribution in [0.2, 0.25) is 0 Å². The molecule has 1 saturated heterocycles. The lowest BCUT2D eigenvalue weighted by Gasteiger charge is -2.19. The van der Waals surface area contributed by atoms with E-state index in [4.69, 9.17) is 4.74 Å². The lowest BCUT2D eigenvalue weighted by atomic mass is 10.1. The molecular formula is C18H24N4O2. The molecule has 2 aromatic rings. The number of hydrogen-bond acceptors (Lipinski definition) is 4. The number of hydrogen-bond donors (Lipinski definition) is 1. The zero-order chi connectivity index (χ0) is 17.1. The summed E-state index contributed by atoms with van der Waals surface area (Å²) in [6.45, 7) is 2.85. The maximum absolute atomic E-state index is 12.6. The van der Waals surface area contributed by atoms with Gasteiger partial charge in [-0.1, -0.05) is 12.1 Å². The van der Waals surface area contributed by atoms with Crippen LogP contribution >= 0.6 is 0 Å². The molecule has 2 heterocycles. The highest BCUT2D eigenvalue weighted by Gasteiger charge is 2.33. The zero-order valence-electron chi connectivity index (χ0n) is 14.4. The van der Waals surface area contributed by atoms with Gasteiger partial charge in [0, 0.05) is 25.8 Å². The fraction of sp³-hybridized carbons (Fsp3) is 0.444. The van der Waals surface area contributed by atoms with Crippen LogP contribution in [0.15, 0.2) is 36.7 Å². The van der Waals surface area contributed by atoms with E-state index in [1.54, 1.807) is 18.0 Å². The van der Waals surface area contributed by atoms with Crippen molar-refractivity contribution in [3.63, 3.8) is 0 Å². The summed E-state index contributed by atoms with van der Waals surface area (Å²) in [5.74, 6) is 0.988. The Bertz CT molecular complexity index is 695. The quantitative estimate of drug-likeness (QED) is 0.878. The smallest absolute Gasteiger partial charge is 0.244 e. The van der Waals surface area contributed by atoms with Gasteiger partial charge in [-0.15, -0.1) is 0 Å². The third-order valence-corrected chi connectivity index (χ3v) is 4.40. The van der Waals surface area contributed by atoms with Crippen LogP contribution in [0.3, 0.4) is 0 Å². The second kappa shape index (κ2) is 7.05. The van der Waals surface area contributed by atoms with Crippen LogP contribution in [0.5, 0.6) is 5.75 Å². The Balaban J connectivity index is 1.56. The van der Waals surface area contributed by atoms with Crippen LogP contribution in [0.1, 0.15) is 18.9 Å². The number of aryl methyl sites for hydroxylation is 1. The molecule has 1 N–H and O–H groups in total. The summed E-state index contributed by atoms with van der Waals surface area (Å²) in [4.78, 5) is 14.4. The third-order valence-electron chi connectivity index (χ3n) is 4.40. The summed E-state index contributed by atoms with van der Waals surface area (Å²) in [6, 6.07) is 8.16. The van der Waals surface area contributed by atoms with E-state index in [1.807, 2.05) is 30.3 Å². The molecule has 128 valence electrons. The average molecular weight is 328 g/mol. The Morgan fingerprint density at radius 3 is 2.75 bits per heavy atom. The minimum absolute atomic E-state index is 0.126. The van der Waals surface area contributed by atoms with Crippen LogP contribution in [-0.4, -0.2) is 41.4 Å². The molecule has 6 heteroatoms. The number of ether oxygens (including phenoxy) is 1. The van der Waals surface area contributed by atoms with Crippen molar-refractivity contribution in [3.05, 3.63) is 42.2 Å². The predicted molar refractivity (Wildman–Crippen MR) is 93.3 cm³/mol. The Labute approximate surface area is 142 Å². The van der Waals surface area contributed by atoms with E-state index in [0.717, 1.165) is 30.8 Å². The van der Waals surface area contributed by atoms with Gasteiger partial charge in [-0.2, -0.15) is 5.10 Å². The Morgan fingerprint density at radius 1 is 1.38 bits per heavy atom. The first kappa shape index (κ1) is 16.5. The topological polar surface area (TPSA) is 59.4 Å². The van der Waals surface area contributed by atoms with Crippen LogP contribution in [0, 0.1) is 0 Å². The number of amides is 1. The molecule has 1 fully saturated rings. The predicted octanol–water partition coefficient (Wildman–Crippen LogP) is 1.75. The molecule has 1 aliphatic rings. The second-order valence-electron chi connectivity index (χ2n) is 6.32. The SMILES string of the molecule is COc1ccc(CC(C)NC2CCN(c3cnn(C)c3)C2=O)cc1. The van der Waals surface area contributed by atoms with Crippen molar-refractivity contribution >= 4 is 11.6 Å². The maximum Gasteiger partial charge on any atom is 0.244 e. The highest BCUT2D eigenvalue weighted by atomic mass is 16.5. The third kappa shape index (κ3) is 3.59. The first-order chi connectivity index (χ1) is 11.6. The standard InChI is InChI=1S/C18H24N4O2/c1-13(10-14-4-6-16(24-3)7-5-14)20-17-8-9-22(18(17)23)15-11-19-21(2)12-15/h4-7,11-13,17,20H,8-10H2,1-3H3. The summed E-state index contributed by atoms with van der Waals surface area (Å²) >= 11 is 0. The van der Waals surface area contributed by atoms with Gasteiger partial charge in [0.25, 0.3) is 0 Å². The maximum atomic E-state index is 12.6. The van der Waals surface area contributed by atoms with Crippen molar-refractivity contribution in [2.24, 2.45) is 7.05 Å².